The fourth-order valence-corrected chi connectivity index (χ4v) is 1.25. The minimum Gasteiger partial charge on any atom is -0.384 e. The summed E-state index contributed by atoms with van der Waals surface area (Å²) in [5.41, 5.74) is 0. The van der Waals surface area contributed by atoms with E-state index in [0.717, 1.165) is 0 Å². The second kappa shape index (κ2) is 2.65. The highest BCUT2D eigenvalue weighted by molar-refractivity contribution is 5.96. The van der Waals surface area contributed by atoms with Gasteiger partial charge in [0.2, 0.25) is 0 Å². The van der Waals surface area contributed by atoms with Crippen LogP contribution in [-0.4, -0.2) is 43.2 Å². The molecule has 0 heterocycles. The summed E-state index contributed by atoms with van der Waals surface area (Å²) >= 11 is 0. The van der Waals surface area contributed by atoms with E-state index >= 15 is 0 Å². The standard InChI is InChI=1S/C6H12N2O2/c1-7-3-4(8-2)6(10)5(3)9/h3-5,7-9H,1-2H3. The van der Waals surface area contributed by atoms with Crippen LogP contribution < -0.4 is 10.6 Å². The van der Waals surface area contributed by atoms with E-state index in [1.165, 1.54) is 0 Å². The van der Waals surface area contributed by atoms with Crippen molar-refractivity contribution in [1.29, 1.82) is 0 Å². The molecular weight excluding hydrogens is 132 g/mol. The van der Waals surface area contributed by atoms with Crippen LogP contribution in [0.2, 0.25) is 0 Å². The number of likely N-dealkylation sites (N-methyl/N-ethyl adjacent to an activating group) is 2. The molecule has 1 rings (SSSR count). The van der Waals surface area contributed by atoms with E-state index in [9.17, 15) is 4.79 Å². The number of carbonyl (C=O) groups is 1. The number of rotatable bonds is 2. The van der Waals surface area contributed by atoms with E-state index in [-0.39, 0.29) is 17.9 Å². The first kappa shape index (κ1) is 7.65. The van der Waals surface area contributed by atoms with Gasteiger partial charge in [-0.15, -0.1) is 0 Å². The third kappa shape index (κ3) is 0.847. The van der Waals surface area contributed by atoms with Gasteiger partial charge >= 0.3 is 0 Å². The lowest BCUT2D eigenvalue weighted by atomic mass is 9.81. The van der Waals surface area contributed by atoms with Crippen LogP contribution >= 0.6 is 0 Å². The van der Waals surface area contributed by atoms with Gasteiger partial charge in [-0.25, -0.2) is 0 Å². The van der Waals surface area contributed by atoms with E-state index in [0.29, 0.717) is 0 Å². The van der Waals surface area contributed by atoms with Crippen molar-refractivity contribution >= 4 is 5.78 Å². The topological polar surface area (TPSA) is 61.4 Å². The quantitative estimate of drug-likeness (QED) is 0.424. The molecule has 58 valence electrons. The van der Waals surface area contributed by atoms with Crippen molar-refractivity contribution in [2.24, 2.45) is 0 Å². The number of hydrogen-bond donors (Lipinski definition) is 3. The van der Waals surface area contributed by atoms with Crippen LogP contribution in [0.15, 0.2) is 0 Å². The van der Waals surface area contributed by atoms with Gasteiger partial charge in [0.05, 0.1) is 12.1 Å². The normalized spacial score (nSPS) is 39.5. The lowest BCUT2D eigenvalue weighted by molar-refractivity contribution is -0.142. The largest absolute Gasteiger partial charge is 0.384 e. The van der Waals surface area contributed by atoms with Crippen LogP contribution in [0.5, 0.6) is 0 Å². The molecule has 3 atom stereocenters. The molecule has 3 N–H and O–H groups in total. The summed E-state index contributed by atoms with van der Waals surface area (Å²) < 4.78 is 0. The lowest BCUT2D eigenvalue weighted by Crippen LogP contribution is -2.70. The second-order valence-corrected chi connectivity index (χ2v) is 2.43. The highest BCUT2D eigenvalue weighted by Crippen LogP contribution is 2.15. The van der Waals surface area contributed by atoms with Gasteiger partial charge in [0.15, 0.2) is 5.78 Å². The molecule has 1 aliphatic carbocycles. The fraction of sp³-hybridized carbons (Fsp3) is 0.833. The van der Waals surface area contributed by atoms with Crippen molar-refractivity contribution in [2.75, 3.05) is 14.1 Å². The van der Waals surface area contributed by atoms with Gasteiger partial charge in [-0.1, -0.05) is 0 Å². The first-order chi connectivity index (χ1) is 4.72. The Balaban J connectivity index is 2.52. The van der Waals surface area contributed by atoms with Crippen LogP contribution in [0.25, 0.3) is 0 Å². The molecule has 0 bridgehead atoms. The first-order valence-electron chi connectivity index (χ1n) is 3.28. The SMILES string of the molecule is CNC1C(=O)C(O)C1NC. The monoisotopic (exact) mass is 144 g/mol. The zero-order valence-corrected chi connectivity index (χ0v) is 6.09. The van der Waals surface area contributed by atoms with Gasteiger partial charge in [0.1, 0.15) is 6.10 Å². The van der Waals surface area contributed by atoms with Crippen molar-refractivity contribution < 1.29 is 9.90 Å². The average molecular weight is 144 g/mol. The van der Waals surface area contributed by atoms with Crippen LogP contribution in [-0.2, 0) is 4.79 Å². The van der Waals surface area contributed by atoms with Gasteiger partial charge in [-0.05, 0) is 14.1 Å². The van der Waals surface area contributed by atoms with Gasteiger partial charge in [0, 0.05) is 0 Å². The third-order valence-corrected chi connectivity index (χ3v) is 1.94. The molecule has 0 aromatic rings. The number of Topliss-reactive ketones (excluding diaryl/α,β-unsaturated/α-hetero) is 1. The Labute approximate surface area is 59.6 Å². The van der Waals surface area contributed by atoms with Gasteiger partial charge in [-0.3, -0.25) is 4.79 Å². The maximum atomic E-state index is 10.8. The van der Waals surface area contributed by atoms with Crippen molar-refractivity contribution in [1.82, 2.24) is 10.6 Å². The number of aliphatic hydroxyl groups is 1. The van der Waals surface area contributed by atoms with Crippen molar-refractivity contribution in [3.8, 4) is 0 Å². The fourth-order valence-electron chi connectivity index (χ4n) is 1.25. The molecule has 0 radical (unpaired) electrons. The molecule has 0 aromatic heterocycles. The molecule has 1 aliphatic rings. The number of ketones is 1. The van der Waals surface area contributed by atoms with Crippen molar-refractivity contribution in [3.05, 3.63) is 0 Å². The maximum Gasteiger partial charge on any atom is 0.181 e. The third-order valence-electron chi connectivity index (χ3n) is 1.94. The van der Waals surface area contributed by atoms with E-state index in [1.807, 2.05) is 0 Å². The Hall–Kier alpha value is -0.450. The Morgan fingerprint density at radius 2 is 2.00 bits per heavy atom. The van der Waals surface area contributed by atoms with Crippen molar-refractivity contribution in [3.63, 3.8) is 0 Å². The van der Waals surface area contributed by atoms with Crippen molar-refractivity contribution in [2.45, 2.75) is 18.2 Å². The summed E-state index contributed by atoms with van der Waals surface area (Å²) in [6, 6.07) is -0.322. The second-order valence-electron chi connectivity index (χ2n) is 2.43. The summed E-state index contributed by atoms with van der Waals surface area (Å²) in [6.45, 7) is 0. The Morgan fingerprint density at radius 1 is 1.40 bits per heavy atom. The molecule has 1 saturated carbocycles. The van der Waals surface area contributed by atoms with E-state index < -0.39 is 6.10 Å². The first-order valence-corrected chi connectivity index (χ1v) is 3.28. The molecule has 1 fully saturated rings. The van der Waals surface area contributed by atoms with Crippen LogP contribution in [0, 0.1) is 0 Å². The van der Waals surface area contributed by atoms with E-state index in [2.05, 4.69) is 10.6 Å². The number of aliphatic hydroxyl groups excluding tert-OH is 1. The zero-order valence-electron chi connectivity index (χ0n) is 6.09. The molecule has 3 unspecified atom stereocenters. The molecule has 4 nitrogen and oxygen atoms in total. The summed E-state index contributed by atoms with van der Waals surface area (Å²) in [7, 11) is 3.43. The predicted octanol–water partition coefficient (Wildman–Crippen LogP) is -1.89. The Kier molecular flexibility index (Phi) is 2.03. The summed E-state index contributed by atoms with van der Waals surface area (Å²) in [5.74, 6) is -0.123. The molecule has 0 amide bonds. The molecule has 0 spiro atoms. The molecule has 0 saturated heterocycles. The lowest BCUT2D eigenvalue weighted by Gasteiger charge is -2.39. The highest BCUT2D eigenvalue weighted by Gasteiger charge is 2.47. The van der Waals surface area contributed by atoms with Gasteiger partial charge in [-0.2, -0.15) is 0 Å². The Morgan fingerprint density at radius 3 is 2.30 bits per heavy atom. The van der Waals surface area contributed by atoms with E-state index in [1.54, 1.807) is 14.1 Å². The van der Waals surface area contributed by atoms with Gasteiger partial charge in [0.25, 0.3) is 0 Å². The van der Waals surface area contributed by atoms with E-state index in [4.69, 9.17) is 5.11 Å². The molecule has 0 aromatic carbocycles. The zero-order chi connectivity index (χ0) is 7.72. The summed E-state index contributed by atoms with van der Waals surface area (Å²) in [4.78, 5) is 10.8. The number of hydrogen-bond acceptors (Lipinski definition) is 4. The molecule has 0 aliphatic heterocycles. The maximum absolute atomic E-state index is 10.8. The number of carbonyl (C=O) groups excluding carboxylic acids is 1. The highest BCUT2D eigenvalue weighted by atomic mass is 16.3. The minimum atomic E-state index is -0.817. The molecule has 4 heteroatoms. The van der Waals surface area contributed by atoms with Crippen LogP contribution in [0.3, 0.4) is 0 Å². The molecular formula is C6H12N2O2. The minimum absolute atomic E-state index is 0.113. The van der Waals surface area contributed by atoms with Crippen LogP contribution in [0.1, 0.15) is 0 Å². The van der Waals surface area contributed by atoms with Crippen LogP contribution in [0.4, 0.5) is 0 Å². The summed E-state index contributed by atoms with van der Waals surface area (Å²) in [5, 5.41) is 14.7. The average Bonchev–Trinajstić information content (AvgIpc) is 1.97. The predicted molar refractivity (Wildman–Crippen MR) is 36.7 cm³/mol. The molecule has 10 heavy (non-hydrogen) atoms. The number of nitrogens with one attached hydrogen (secondary N) is 2. The smallest absolute Gasteiger partial charge is 0.181 e. The Bertz CT molecular complexity index is 149. The van der Waals surface area contributed by atoms with Gasteiger partial charge < -0.3 is 15.7 Å². The summed E-state index contributed by atoms with van der Waals surface area (Å²) in [6.07, 6.45) is -0.817.